The number of hydrogen-bond acceptors (Lipinski definition) is 7. The molecule has 3 heterocycles. The quantitative estimate of drug-likeness (QED) is 0.273. The lowest BCUT2D eigenvalue weighted by Gasteiger charge is -2.46. The Morgan fingerprint density at radius 2 is 1.61 bits per heavy atom. The number of benzene rings is 1. The van der Waals surface area contributed by atoms with E-state index in [1.54, 1.807) is 12.1 Å². The number of nitrogens with one attached hydrogen (secondary N) is 2. The molecule has 49 heavy (non-hydrogen) atoms. The van der Waals surface area contributed by atoms with Gasteiger partial charge in [0.2, 0.25) is 0 Å². The van der Waals surface area contributed by atoms with Crippen LogP contribution in [0.15, 0.2) is 36.5 Å². The Balaban J connectivity index is 0.997. The van der Waals surface area contributed by atoms with E-state index in [0.717, 1.165) is 69.1 Å². The smallest absolute Gasteiger partial charge is 0.433 e. The van der Waals surface area contributed by atoms with E-state index >= 15 is 0 Å². The van der Waals surface area contributed by atoms with Crippen LogP contribution in [0.3, 0.4) is 0 Å². The fraction of sp³-hybridized carbons (Fsp3) is 0.611. The first-order valence-corrected chi connectivity index (χ1v) is 17.4. The van der Waals surface area contributed by atoms with Crippen molar-refractivity contribution in [3.63, 3.8) is 0 Å². The lowest BCUT2D eigenvalue weighted by molar-refractivity contribution is -0.141. The second-order valence-electron chi connectivity index (χ2n) is 15.0. The summed E-state index contributed by atoms with van der Waals surface area (Å²) in [5.41, 5.74) is -0.560. The first-order chi connectivity index (χ1) is 23.2. The standard InChI is InChI=1S/C36H47F3N6O4/c1-34(2,3)49-33(47)44-18-16-35(17-19-44)14-12-25(13-15-35)40-24-8-10-26(11-9-24)45-22-23-20-29(30(48-4)21-28(23)43-45)42-32(46)27-6-5-7-31(41-27)36(37,38)39/h5-7,20-22,24-26,40H,8-19H2,1-4H3,(H,42,46). The van der Waals surface area contributed by atoms with Crippen molar-refractivity contribution in [2.75, 3.05) is 25.5 Å². The summed E-state index contributed by atoms with van der Waals surface area (Å²) in [5.74, 6) is -0.410. The predicted octanol–water partition coefficient (Wildman–Crippen LogP) is 7.74. The average molecular weight is 685 g/mol. The molecule has 2 amide bonds. The molecule has 2 aromatic heterocycles. The van der Waals surface area contributed by atoms with Crippen LogP contribution >= 0.6 is 0 Å². The van der Waals surface area contributed by atoms with Gasteiger partial charge in [-0.05, 0) is 109 Å². The molecule has 3 aromatic rings. The highest BCUT2D eigenvalue weighted by Crippen LogP contribution is 2.45. The Hall–Kier alpha value is -3.87. The number of nitrogens with zero attached hydrogens (tertiary/aromatic N) is 4. The molecule has 1 aromatic carbocycles. The van der Waals surface area contributed by atoms with E-state index < -0.39 is 23.4 Å². The molecule has 1 aliphatic heterocycles. The number of rotatable bonds is 6. The monoisotopic (exact) mass is 684 g/mol. The number of hydrogen-bond donors (Lipinski definition) is 2. The van der Waals surface area contributed by atoms with Crippen LogP contribution in [0.2, 0.25) is 0 Å². The molecule has 0 radical (unpaired) electrons. The summed E-state index contributed by atoms with van der Waals surface area (Å²) >= 11 is 0. The average Bonchev–Trinajstić information content (AvgIpc) is 3.48. The van der Waals surface area contributed by atoms with Crippen LogP contribution in [-0.2, 0) is 10.9 Å². The fourth-order valence-corrected chi connectivity index (χ4v) is 7.66. The minimum atomic E-state index is -4.65. The van der Waals surface area contributed by atoms with Gasteiger partial charge in [0.05, 0.1) is 24.4 Å². The van der Waals surface area contributed by atoms with E-state index in [2.05, 4.69) is 15.6 Å². The van der Waals surface area contributed by atoms with E-state index in [1.807, 2.05) is 36.5 Å². The lowest BCUT2D eigenvalue weighted by Crippen LogP contribution is -2.49. The SMILES string of the molecule is COc1cc2nn(C3CCC(NC4CCC5(CC4)CCN(C(=O)OC(C)(C)C)CC5)CC3)cc2cc1NC(=O)c1cccc(C(F)(F)F)n1. The Bertz CT molecular complexity index is 1640. The van der Waals surface area contributed by atoms with Crippen molar-refractivity contribution in [1.82, 2.24) is 25.0 Å². The van der Waals surface area contributed by atoms with Gasteiger partial charge in [0.1, 0.15) is 22.7 Å². The minimum Gasteiger partial charge on any atom is -0.494 e. The number of ether oxygens (including phenoxy) is 2. The summed E-state index contributed by atoms with van der Waals surface area (Å²) in [6, 6.07) is 7.92. The van der Waals surface area contributed by atoms with Crippen LogP contribution < -0.4 is 15.4 Å². The normalized spacial score (nSPS) is 21.9. The molecule has 0 bridgehead atoms. The number of piperidine rings is 1. The van der Waals surface area contributed by atoms with Crippen molar-refractivity contribution in [1.29, 1.82) is 0 Å². The summed E-state index contributed by atoms with van der Waals surface area (Å²) in [6.45, 7) is 7.28. The van der Waals surface area contributed by atoms with Gasteiger partial charge in [0.25, 0.3) is 5.91 Å². The second-order valence-corrected chi connectivity index (χ2v) is 15.0. The zero-order chi connectivity index (χ0) is 35.0. The molecule has 0 atom stereocenters. The molecule has 6 rings (SSSR count). The molecule has 2 aliphatic carbocycles. The van der Waals surface area contributed by atoms with Gasteiger partial charge in [-0.3, -0.25) is 9.48 Å². The van der Waals surface area contributed by atoms with E-state index in [9.17, 15) is 22.8 Å². The lowest BCUT2D eigenvalue weighted by atomic mass is 9.67. The van der Waals surface area contributed by atoms with Crippen molar-refractivity contribution in [2.45, 2.75) is 115 Å². The van der Waals surface area contributed by atoms with E-state index in [1.165, 1.54) is 38.9 Å². The Morgan fingerprint density at radius 1 is 0.939 bits per heavy atom. The van der Waals surface area contributed by atoms with Gasteiger partial charge in [0.15, 0.2) is 0 Å². The third-order valence-electron chi connectivity index (χ3n) is 10.4. The highest BCUT2D eigenvalue weighted by molar-refractivity contribution is 6.05. The maximum absolute atomic E-state index is 13.1. The molecule has 2 N–H and O–H groups in total. The number of methoxy groups -OCH3 is 1. The van der Waals surface area contributed by atoms with E-state index in [-0.39, 0.29) is 17.8 Å². The highest BCUT2D eigenvalue weighted by Gasteiger charge is 2.40. The Labute approximate surface area is 285 Å². The van der Waals surface area contributed by atoms with Crippen molar-refractivity contribution in [2.24, 2.45) is 5.41 Å². The number of halogens is 3. The molecule has 266 valence electrons. The summed E-state index contributed by atoms with van der Waals surface area (Å²) in [6.07, 6.45) is 8.04. The molecule has 13 heteroatoms. The van der Waals surface area contributed by atoms with Crippen LogP contribution in [0.4, 0.5) is 23.7 Å². The molecular formula is C36H47F3N6O4. The number of carbonyl (C=O) groups excluding carboxylic acids is 2. The zero-order valence-corrected chi connectivity index (χ0v) is 28.7. The van der Waals surface area contributed by atoms with Crippen LogP contribution in [0.1, 0.15) is 107 Å². The van der Waals surface area contributed by atoms with Crippen molar-refractivity contribution >= 4 is 28.6 Å². The third-order valence-corrected chi connectivity index (χ3v) is 10.4. The number of anilines is 1. The van der Waals surface area contributed by atoms with Crippen LogP contribution in [0.25, 0.3) is 10.9 Å². The van der Waals surface area contributed by atoms with Crippen LogP contribution in [0.5, 0.6) is 5.75 Å². The topological polar surface area (TPSA) is 111 Å². The summed E-state index contributed by atoms with van der Waals surface area (Å²) in [5, 5.41) is 12.2. The Kier molecular flexibility index (Phi) is 9.85. The molecule has 3 aliphatic rings. The molecule has 3 fully saturated rings. The van der Waals surface area contributed by atoms with Gasteiger partial charge >= 0.3 is 12.3 Å². The summed E-state index contributed by atoms with van der Waals surface area (Å²) in [4.78, 5) is 30.7. The highest BCUT2D eigenvalue weighted by atomic mass is 19.4. The van der Waals surface area contributed by atoms with Gasteiger partial charge in [-0.25, -0.2) is 9.78 Å². The number of aromatic nitrogens is 3. The Morgan fingerprint density at radius 3 is 2.24 bits per heavy atom. The maximum Gasteiger partial charge on any atom is 0.433 e. The molecule has 10 nitrogen and oxygen atoms in total. The molecular weight excluding hydrogens is 637 g/mol. The summed E-state index contributed by atoms with van der Waals surface area (Å²) in [7, 11) is 1.46. The number of pyridine rings is 1. The predicted molar refractivity (Wildman–Crippen MR) is 180 cm³/mol. The number of amides is 2. The van der Waals surface area contributed by atoms with Crippen molar-refractivity contribution in [3.05, 3.63) is 47.9 Å². The van der Waals surface area contributed by atoms with Gasteiger partial charge in [0, 0.05) is 42.8 Å². The van der Waals surface area contributed by atoms with Gasteiger partial charge in [-0.2, -0.15) is 18.3 Å². The van der Waals surface area contributed by atoms with E-state index in [4.69, 9.17) is 14.6 Å². The van der Waals surface area contributed by atoms with Gasteiger partial charge in [-0.1, -0.05) is 6.07 Å². The number of carbonyl (C=O) groups is 2. The van der Waals surface area contributed by atoms with Crippen LogP contribution in [0, 0.1) is 5.41 Å². The van der Waals surface area contributed by atoms with E-state index in [0.29, 0.717) is 34.5 Å². The largest absolute Gasteiger partial charge is 0.494 e. The maximum atomic E-state index is 13.1. The summed E-state index contributed by atoms with van der Waals surface area (Å²) < 4.78 is 52.4. The third kappa shape index (κ3) is 8.30. The first-order valence-electron chi connectivity index (χ1n) is 17.4. The first kappa shape index (κ1) is 35.0. The van der Waals surface area contributed by atoms with Crippen molar-refractivity contribution < 1.29 is 32.2 Å². The number of alkyl halides is 3. The van der Waals surface area contributed by atoms with Gasteiger partial charge < -0.3 is 25.0 Å². The number of fused-ring (bicyclic) bond motifs is 1. The number of likely N-dealkylation sites (tertiary alicyclic amines) is 1. The van der Waals surface area contributed by atoms with Crippen molar-refractivity contribution in [3.8, 4) is 5.75 Å². The zero-order valence-electron chi connectivity index (χ0n) is 28.7. The fourth-order valence-electron chi connectivity index (χ4n) is 7.66. The molecule has 1 saturated heterocycles. The van der Waals surface area contributed by atoms with Crippen LogP contribution in [-0.4, -0.2) is 69.5 Å². The van der Waals surface area contributed by atoms with Gasteiger partial charge in [-0.15, -0.1) is 0 Å². The molecule has 2 saturated carbocycles. The minimum absolute atomic E-state index is 0.195. The second kappa shape index (κ2) is 13.8. The molecule has 1 spiro atoms. The molecule has 0 unspecified atom stereocenters.